The number of halogens is 1. The summed E-state index contributed by atoms with van der Waals surface area (Å²) in [5.41, 5.74) is 4.94. The Kier molecular flexibility index (Phi) is 4.02. The van der Waals surface area contributed by atoms with Gasteiger partial charge in [0.1, 0.15) is 5.82 Å². The first-order chi connectivity index (χ1) is 9.34. The lowest BCUT2D eigenvalue weighted by atomic mass is 10.1. The van der Waals surface area contributed by atoms with Crippen molar-refractivity contribution in [3.8, 4) is 0 Å². The molecule has 0 aromatic heterocycles. The predicted octanol–water partition coefficient (Wildman–Crippen LogP) is 0.846. The molecule has 1 heterocycles. The molecule has 1 atom stereocenters. The number of rotatable bonds is 3. The van der Waals surface area contributed by atoms with Crippen LogP contribution in [0.2, 0.25) is 0 Å². The molecule has 1 saturated heterocycles. The van der Waals surface area contributed by atoms with Crippen molar-refractivity contribution in [1.82, 2.24) is 4.31 Å². The van der Waals surface area contributed by atoms with Crippen molar-refractivity contribution in [2.24, 2.45) is 5.73 Å². The van der Waals surface area contributed by atoms with Gasteiger partial charge in [-0.3, -0.25) is 10.1 Å². The summed E-state index contributed by atoms with van der Waals surface area (Å²) in [7, 11) is -4.26. The van der Waals surface area contributed by atoms with Gasteiger partial charge >= 0.3 is 0 Å². The van der Waals surface area contributed by atoms with E-state index in [0.29, 0.717) is 12.8 Å². The minimum absolute atomic E-state index is 0.0355. The zero-order valence-corrected chi connectivity index (χ0v) is 11.3. The number of nitrogens with two attached hydrogens (primary N) is 1. The summed E-state index contributed by atoms with van der Waals surface area (Å²) in [6.45, 7) is 0.218. The van der Waals surface area contributed by atoms with Crippen LogP contribution in [0.15, 0.2) is 23.1 Å². The molecule has 0 radical (unpaired) electrons. The molecule has 1 aromatic rings. The van der Waals surface area contributed by atoms with E-state index in [0.717, 1.165) is 22.5 Å². The van der Waals surface area contributed by atoms with Gasteiger partial charge in [0.25, 0.3) is 15.7 Å². The molecule has 110 valence electrons. The summed E-state index contributed by atoms with van der Waals surface area (Å²) in [6, 6.07) is 2.63. The van der Waals surface area contributed by atoms with E-state index in [-0.39, 0.29) is 19.1 Å². The van der Waals surface area contributed by atoms with Crippen LogP contribution in [0.5, 0.6) is 0 Å². The molecule has 0 amide bonds. The minimum Gasteiger partial charge on any atom is -0.327 e. The summed E-state index contributed by atoms with van der Waals surface area (Å²) in [5, 5.41) is 10.9. The van der Waals surface area contributed by atoms with E-state index in [1.54, 1.807) is 0 Å². The number of benzene rings is 1. The van der Waals surface area contributed by atoms with E-state index >= 15 is 0 Å². The molecular weight excluding hydrogens is 289 g/mol. The molecule has 9 heteroatoms. The zero-order chi connectivity index (χ0) is 14.9. The highest BCUT2D eigenvalue weighted by molar-refractivity contribution is 7.89. The summed E-state index contributed by atoms with van der Waals surface area (Å²) < 4.78 is 39.6. The molecule has 7 nitrogen and oxygen atoms in total. The lowest BCUT2D eigenvalue weighted by molar-refractivity contribution is -0.388. The summed E-state index contributed by atoms with van der Waals surface area (Å²) in [5.74, 6) is -1.13. The number of piperidine rings is 1. The first kappa shape index (κ1) is 14.8. The molecule has 0 bridgehead atoms. The Balaban J connectivity index is 2.52. The average molecular weight is 303 g/mol. The second-order valence-electron chi connectivity index (χ2n) is 4.61. The van der Waals surface area contributed by atoms with E-state index in [1.165, 1.54) is 0 Å². The third kappa shape index (κ3) is 2.65. The highest BCUT2D eigenvalue weighted by Crippen LogP contribution is 2.30. The van der Waals surface area contributed by atoms with Gasteiger partial charge in [0.15, 0.2) is 4.90 Å². The molecule has 20 heavy (non-hydrogen) atoms. The van der Waals surface area contributed by atoms with Crippen LogP contribution in [-0.4, -0.2) is 36.8 Å². The summed E-state index contributed by atoms with van der Waals surface area (Å²) in [6.07, 6.45) is 1.22. The molecule has 2 N–H and O–H groups in total. The number of nitrogens with zero attached hydrogens (tertiary/aromatic N) is 2. The number of nitro groups is 1. The lowest BCUT2D eigenvalue weighted by Gasteiger charge is -2.29. The molecule has 2 rings (SSSR count). The second kappa shape index (κ2) is 5.43. The van der Waals surface area contributed by atoms with Crippen LogP contribution in [0.3, 0.4) is 0 Å². The molecule has 0 saturated carbocycles. The Hall–Kier alpha value is -1.58. The maximum Gasteiger partial charge on any atom is 0.292 e. The number of nitro benzene ring substituents is 1. The topological polar surface area (TPSA) is 107 Å². The van der Waals surface area contributed by atoms with Crippen LogP contribution in [0.4, 0.5) is 10.1 Å². The van der Waals surface area contributed by atoms with Crippen molar-refractivity contribution in [1.29, 1.82) is 0 Å². The van der Waals surface area contributed by atoms with Crippen molar-refractivity contribution in [3.05, 3.63) is 34.1 Å². The number of hydrogen-bond acceptors (Lipinski definition) is 5. The largest absolute Gasteiger partial charge is 0.327 e. The Morgan fingerprint density at radius 2 is 2.15 bits per heavy atom. The lowest BCUT2D eigenvalue weighted by Crippen LogP contribution is -2.45. The third-order valence-electron chi connectivity index (χ3n) is 3.16. The summed E-state index contributed by atoms with van der Waals surface area (Å²) in [4.78, 5) is 9.11. The first-order valence-electron chi connectivity index (χ1n) is 6.02. The van der Waals surface area contributed by atoms with Gasteiger partial charge in [0, 0.05) is 25.2 Å². The van der Waals surface area contributed by atoms with E-state index in [4.69, 9.17) is 5.73 Å². The fraction of sp³-hybridized carbons (Fsp3) is 0.455. The molecular formula is C11H14FN3O4S. The van der Waals surface area contributed by atoms with Gasteiger partial charge in [-0.15, -0.1) is 0 Å². The van der Waals surface area contributed by atoms with Crippen LogP contribution < -0.4 is 5.73 Å². The van der Waals surface area contributed by atoms with Gasteiger partial charge in [-0.1, -0.05) is 6.07 Å². The van der Waals surface area contributed by atoms with Gasteiger partial charge in [-0.05, 0) is 18.9 Å². The molecule has 0 aliphatic carbocycles. The maximum absolute atomic E-state index is 13.8. The second-order valence-corrected chi connectivity index (χ2v) is 6.49. The zero-order valence-electron chi connectivity index (χ0n) is 10.5. The highest BCUT2D eigenvalue weighted by atomic mass is 32.2. The van der Waals surface area contributed by atoms with Gasteiger partial charge in [-0.2, -0.15) is 4.31 Å². The molecule has 0 unspecified atom stereocenters. The number of sulfonamides is 1. The normalized spacial score (nSPS) is 20.8. The van der Waals surface area contributed by atoms with Gasteiger partial charge < -0.3 is 5.73 Å². The fourth-order valence-corrected chi connectivity index (χ4v) is 3.95. The Morgan fingerprint density at radius 3 is 2.75 bits per heavy atom. The van der Waals surface area contributed by atoms with E-state index in [1.807, 2.05) is 0 Å². The van der Waals surface area contributed by atoms with E-state index < -0.39 is 31.3 Å². The van der Waals surface area contributed by atoms with Gasteiger partial charge in [-0.25, -0.2) is 12.8 Å². The predicted molar refractivity (Wildman–Crippen MR) is 69.0 cm³/mol. The average Bonchev–Trinajstić information content (AvgIpc) is 2.38. The van der Waals surface area contributed by atoms with Crippen LogP contribution >= 0.6 is 0 Å². The van der Waals surface area contributed by atoms with Crippen LogP contribution in [0.1, 0.15) is 12.8 Å². The van der Waals surface area contributed by atoms with Crippen molar-refractivity contribution >= 4 is 15.7 Å². The Labute approximate surface area is 115 Å². The summed E-state index contributed by atoms with van der Waals surface area (Å²) >= 11 is 0. The minimum atomic E-state index is -4.26. The van der Waals surface area contributed by atoms with Crippen LogP contribution in [-0.2, 0) is 10.0 Å². The smallest absolute Gasteiger partial charge is 0.292 e. The van der Waals surface area contributed by atoms with Crippen LogP contribution in [0, 0.1) is 15.9 Å². The molecule has 1 fully saturated rings. The van der Waals surface area contributed by atoms with Crippen molar-refractivity contribution < 1.29 is 17.7 Å². The monoisotopic (exact) mass is 303 g/mol. The standard InChI is InChI=1S/C11H14FN3O4S/c12-9-4-1-5-10(15(16)17)11(9)20(18,19)14-6-2-3-8(13)7-14/h1,4-5,8H,2-3,6-7,13H2/t8-/m1/s1. The van der Waals surface area contributed by atoms with Crippen molar-refractivity contribution in [2.75, 3.05) is 13.1 Å². The highest BCUT2D eigenvalue weighted by Gasteiger charge is 2.36. The molecule has 1 aromatic carbocycles. The maximum atomic E-state index is 13.8. The quantitative estimate of drug-likeness (QED) is 0.658. The van der Waals surface area contributed by atoms with E-state index in [9.17, 15) is 22.9 Å². The molecule has 1 aliphatic heterocycles. The van der Waals surface area contributed by atoms with Gasteiger partial charge in [0.05, 0.1) is 4.92 Å². The van der Waals surface area contributed by atoms with Gasteiger partial charge in [0.2, 0.25) is 0 Å². The molecule has 0 spiro atoms. The molecule has 1 aliphatic rings. The Bertz CT molecular complexity index is 635. The number of hydrogen-bond donors (Lipinski definition) is 1. The first-order valence-corrected chi connectivity index (χ1v) is 7.46. The van der Waals surface area contributed by atoms with E-state index in [2.05, 4.69) is 0 Å². The SMILES string of the molecule is N[C@@H]1CCCN(S(=O)(=O)c2c(F)cccc2[N+](=O)[O-])C1. The Morgan fingerprint density at radius 1 is 1.45 bits per heavy atom. The third-order valence-corrected chi connectivity index (χ3v) is 5.09. The van der Waals surface area contributed by atoms with Crippen LogP contribution in [0.25, 0.3) is 0 Å². The van der Waals surface area contributed by atoms with Crippen molar-refractivity contribution in [2.45, 2.75) is 23.8 Å². The fourth-order valence-electron chi connectivity index (χ4n) is 2.22. The van der Waals surface area contributed by atoms with Crippen molar-refractivity contribution in [3.63, 3.8) is 0 Å².